The lowest BCUT2D eigenvalue weighted by Crippen LogP contribution is -2.51. The van der Waals surface area contributed by atoms with Gasteiger partial charge in [-0.1, -0.05) is 25.7 Å². The molecule has 1 aromatic rings. The molecule has 2 N–H and O–H groups in total. The van der Waals surface area contributed by atoms with Crippen LogP contribution >= 0.6 is 0 Å². The van der Waals surface area contributed by atoms with Crippen LogP contribution in [0.5, 0.6) is 11.5 Å². The summed E-state index contributed by atoms with van der Waals surface area (Å²) in [6.07, 6.45) is 2.34. The van der Waals surface area contributed by atoms with E-state index in [-0.39, 0.29) is 5.75 Å². The average Bonchev–Trinajstić information content (AvgIpc) is 2.77. The van der Waals surface area contributed by atoms with E-state index in [0.717, 1.165) is 24.9 Å². The van der Waals surface area contributed by atoms with Gasteiger partial charge in [0.05, 0.1) is 20.0 Å². The Bertz CT molecular complexity index is 917. The molecular formula is C22H33N3O6S. The third-order valence-electron chi connectivity index (χ3n) is 5.22. The van der Waals surface area contributed by atoms with Gasteiger partial charge in [-0.05, 0) is 18.6 Å². The van der Waals surface area contributed by atoms with E-state index in [4.69, 9.17) is 14.6 Å². The molecule has 1 fully saturated rings. The summed E-state index contributed by atoms with van der Waals surface area (Å²) in [4.78, 5) is 13.2. The predicted octanol–water partition coefficient (Wildman–Crippen LogP) is 2.38. The second-order valence-electron chi connectivity index (χ2n) is 7.48. The highest BCUT2D eigenvalue weighted by molar-refractivity contribution is 7.89. The summed E-state index contributed by atoms with van der Waals surface area (Å²) in [5.74, 6) is 6.55. The van der Waals surface area contributed by atoms with Crippen LogP contribution < -0.4 is 19.7 Å². The largest absolute Gasteiger partial charge is 0.493 e. The molecule has 10 heteroatoms. The van der Waals surface area contributed by atoms with Gasteiger partial charge in [-0.2, -0.15) is 4.31 Å². The second kappa shape index (κ2) is 12.4. The van der Waals surface area contributed by atoms with E-state index < -0.39 is 22.2 Å². The Morgan fingerprint density at radius 3 is 2.44 bits per heavy atom. The van der Waals surface area contributed by atoms with E-state index >= 15 is 0 Å². The van der Waals surface area contributed by atoms with Gasteiger partial charge in [0.1, 0.15) is 6.04 Å². The lowest BCUT2D eigenvalue weighted by molar-refractivity contribution is 0.193. The third kappa shape index (κ3) is 7.50. The molecule has 1 amide bonds. The van der Waals surface area contributed by atoms with Gasteiger partial charge in [0.2, 0.25) is 10.0 Å². The minimum atomic E-state index is -3.67. The molecule has 1 aliphatic heterocycles. The van der Waals surface area contributed by atoms with Crippen LogP contribution in [0.15, 0.2) is 18.2 Å². The normalized spacial score (nSPS) is 15.4. The summed E-state index contributed by atoms with van der Waals surface area (Å²) < 4.78 is 37.8. The Morgan fingerprint density at radius 2 is 1.84 bits per heavy atom. The second-order valence-corrected chi connectivity index (χ2v) is 9.50. The number of nitrogens with zero attached hydrogens (tertiary/aromatic N) is 2. The lowest BCUT2D eigenvalue weighted by Gasteiger charge is -2.35. The quantitative estimate of drug-likeness (QED) is 0.402. The molecule has 1 aliphatic rings. The SMILES string of the molecule is CCCCCC#CC(CS(=O)(=O)N1CCN(c2ccc(OC)c(OC)c2)CC1)NC(=O)O. The van der Waals surface area contributed by atoms with E-state index in [9.17, 15) is 13.2 Å². The third-order valence-corrected chi connectivity index (χ3v) is 7.13. The minimum absolute atomic E-state index is 0.306. The molecular weight excluding hydrogens is 434 g/mol. The molecule has 0 spiro atoms. The fourth-order valence-corrected chi connectivity index (χ4v) is 5.01. The molecule has 2 rings (SSSR count). The number of hydrogen-bond donors (Lipinski definition) is 2. The number of carbonyl (C=O) groups is 1. The summed E-state index contributed by atoms with van der Waals surface area (Å²) in [6, 6.07) is 4.64. The molecule has 0 aromatic heterocycles. The number of unbranched alkanes of at least 4 members (excludes halogenated alkanes) is 3. The molecule has 1 aromatic carbocycles. The zero-order chi connectivity index (χ0) is 23.6. The topological polar surface area (TPSA) is 108 Å². The number of ether oxygens (including phenoxy) is 2. The summed E-state index contributed by atoms with van der Waals surface area (Å²) in [5.41, 5.74) is 0.920. The highest BCUT2D eigenvalue weighted by Crippen LogP contribution is 2.32. The van der Waals surface area contributed by atoms with Crippen molar-refractivity contribution in [1.82, 2.24) is 9.62 Å². The van der Waals surface area contributed by atoms with Crippen LogP contribution in [0, 0.1) is 11.8 Å². The van der Waals surface area contributed by atoms with Crippen LogP contribution in [0.25, 0.3) is 0 Å². The monoisotopic (exact) mass is 467 g/mol. The van der Waals surface area contributed by atoms with Crippen molar-refractivity contribution in [3.63, 3.8) is 0 Å². The van der Waals surface area contributed by atoms with Crippen molar-refractivity contribution < 1.29 is 27.8 Å². The zero-order valence-electron chi connectivity index (χ0n) is 19.0. The summed E-state index contributed by atoms with van der Waals surface area (Å²) in [6.45, 7) is 3.71. The van der Waals surface area contributed by atoms with E-state index in [2.05, 4.69) is 29.0 Å². The Balaban J connectivity index is 2.00. The Morgan fingerprint density at radius 1 is 1.16 bits per heavy atom. The summed E-state index contributed by atoms with van der Waals surface area (Å²) in [5, 5.41) is 11.3. The van der Waals surface area contributed by atoms with Crippen molar-refractivity contribution >= 4 is 21.8 Å². The van der Waals surface area contributed by atoms with Crippen LogP contribution in [0.3, 0.4) is 0 Å². The predicted molar refractivity (Wildman–Crippen MR) is 124 cm³/mol. The van der Waals surface area contributed by atoms with Crippen molar-refractivity contribution in [2.24, 2.45) is 0 Å². The zero-order valence-corrected chi connectivity index (χ0v) is 19.8. The van der Waals surface area contributed by atoms with Crippen LogP contribution in [0.1, 0.15) is 32.6 Å². The van der Waals surface area contributed by atoms with Gasteiger partial charge < -0.3 is 24.8 Å². The molecule has 1 atom stereocenters. The molecule has 32 heavy (non-hydrogen) atoms. The van der Waals surface area contributed by atoms with Crippen LogP contribution in [0.4, 0.5) is 10.5 Å². The first-order valence-corrected chi connectivity index (χ1v) is 12.3. The van der Waals surface area contributed by atoms with E-state index in [0.29, 0.717) is 44.1 Å². The van der Waals surface area contributed by atoms with Crippen molar-refractivity contribution in [3.8, 4) is 23.3 Å². The number of carboxylic acid groups (broad SMARTS) is 1. The maximum atomic E-state index is 12.9. The molecule has 178 valence electrons. The number of hydrogen-bond acceptors (Lipinski definition) is 6. The highest BCUT2D eigenvalue weighted by atomic mass is 32.2. The molecule has 1 unspecified atom stereocenters. The Labute approximate surface area is 190 Å². The van der Waals surface area contributed by atoms with Gasteiger partial charge >= 0.3 is 6.09 Å². The lowest BCUT2D eigenvalue weighted by atomic mass is 10.2. The van der Waals surface area contributed by atoms with Crippen molar-refractivity contribution in [1.29, 1.82) is 0 Å². The minimum Gasteiger partial charge on any atom is -0.493 e. The summed E-state index contributed by atoms with van der Waals surface area (Å²) >= 11 is 0. The van der Waals surface area contributed by atoms with E-state index in [1.165, 1.54) is 4.31 Å². The molecule has 1 heterocycles. The maximum absolute atomic E-state index is 12.9. The van der Waals surface area contributed by atoms with Gasteiger partial charge in [0, 0.05) is 44.4 Å². The van der Waals surface area contributed by atoms with E-state index in [1.54, 1.807) is 14.2 Å². The molecule has 0 saturated carbocycles. The Kier molecular flexibility index (Phi) is 9.94. The number of rotatable bonds is 10. The van der Waals surface area contributed by atoms with Crippen LogP contribution in [-0.4, -0.2) is 76.1 Å². The Hall–Kier alpha value is -2.64. The number of nitrogens with one attached hydrogen (secondary N) is 1. The number of anilines is 1. The van der Waals surface area contributed by atoms with Gasteiger partial charge in [-0.3, -0.25) is 0 Å². The standard InChI is InChI=1S/C22H33N3O6S/c1-4-5-6-7-8-9-18(23-22(26)27)17-32(28,29)25-14-12-24(13-15-25)19-10-11-20(30-2)21(16-19)31-3/h10-11,16,18,23H,4-7,12-15,17H2,1-3H3,(H,26,27). The van der Waals surface area contributed by atoms with Crippen molar-refractivity contribution in [2.75, 3.05) is 51.1 Å². The van der Waals surface area contributed by atoms with Gasteiger partial charge in [0.25, 0.3) is 0 Å². The highest BCUT2D eigenvalue weighted by Gasteiger charge is 2.30. The van der Waals surface area contributed by atoms with Crippen molar-refractivity contribution in [2.45, 2.75) is 38.6 Å². The van der Waals surface area contributed by atoms with Gasteiger partial charge in [-0.25, -0.2) is 13.2 Å². The molecule has 1 saturated heterocycles. The summed E-state index contributed by atoms with van der Waals surface area (Å²) in [7, 11) is -0.528. The van der Waals surface area contributed by atoms with Gasteiger partial charge in [-0.15, -0.1) is 5.92 Å². The number of benzene rings is 1. The average molecular weight is 468 g/mol. The number of piperazine rings is 1. The van der Waals surface area contributed by atoms with Crippen molar-refractivity contribution in [3.05, 3.63) is 18.2 Å². The number of sulfonamides is 1. The molecule has 0 bridgehead atoms. The molecule has 0 aliphatic carbocycles. The smallest absolute Gasteiger partial charge is 0.405 e. The molecule has 0 radical (unpaired) electrons. The fraction of sp³-hybridized carbons (Fsp3) is 0.591. The van der Waals surface area contributed by atoms with Crippen LogP contribution in [0.2, 0.25) is 0 Å². The molecule has 9 nitrogen and oxygen atoms in total. The first-order chi connectivity index (χ1) is 15.3. The van der Waals surface area contributed by atoms with E-state index in [1.807, 2.05) is 18.2 Å². The fourth-order valence-electron chi connectivity index (χ4n) is 3.49. The van der Waals surface area contributed by atoms with Crippen LogP contribution in [-0.2, 0) is 10.0 Å². The number of methoxy groups -OCH3 is 2. The van der Waals surface area contributed by atoms with Gasteiger partial charge in [0.15, 0.2) is 11.5 Å². The first kappa shape index (κ1) is 25.6. The number of amides is 1. The first-order valence-electron chi connectivity index (χ1n) is 10.7. The maximum Gasteiger partial charge on any atom is 0.405 e.